The Bertz CT molecular complexity index is 1480. The number of thiophene rings is 1. The Hall–Kier alpha value is -3.85. The first-order valence-electron chi connectivity index (χ1n) is 11.0. The van der Waals surface area contributed by atoms with E-state index in [1.54, 1.807) is 30.5 Å². The molecule has 1 amide bonds. The highest BCUT2D eigenvalue weighted by atomic mass is 32.1. The molecule has 0 aliphatic heterocycles. The van der Waals surface area contributed by atoms with Gasteiger partial charge >= 0.3 is 5.97 Å². The number of carbonyl (C=O) groups is 2. The average Bonchev–Trinajstić information content (AvgIpc) is 3.23. The predicted molar refractivity (Wildman–Crippen MR) is 134 cm³/mol. The summed E-state index contributed by atoms with van der Waals surface area (Å²) in [6.45, 7) is 7.98. The molecule has 2 aromatic heterocycles. The number of halogens is 1. The van der Waals surface area contributed by atoms with E-state index in [0.717, 1.165) is 21.6 Å². The van der Waals surface area contributed by atoms with Gasteiger partial charge in [-0.1, -0.05) is 45.0 Å². The molecule has 180 valence electrons. The fourth-order valence-corrected chi connectivity index (χ4v) is 4.51. The number of rotatable bonds is 5. The maximum absolute atomic E-state index is 14.5. The highest BCUT2D eigenvalue weighted by Gasteiger charge is 2.24. The first-order chi connectivity index (χ1) is 16.6. The van der Waals surface area contributed by atoms with Gasteiger partial charge in [0.05, 0.1) is 12.0 Å². The molecule has 0 spiro atoms. The Balaban J connectivity index is 1.82. The zero-order valence-electron chi connectivity index (χ0n) is 19.7. The fourth-order valence-electron chi connectivity index (χ4n) is 3.58. The van der Waals surface area contributed by atoms with Crippen molar-refractivity contribution in [3.05, 3.63) is 86.9 Å². The third kappa shape index (κ3) is 4.72. The molecule has 9 heteroatoms. The number of carbonyl (C=O) groups excluding carboxylic acids is 2. The summed E-state index contributed by atoms with van der Waals surface area (Å²) in [4.78, 5) is 39.0. The minimum absolute atomic E-state index is 0.0518. The van der Waals surface area contributed by atoms with E-state index in [4.69, 9.17) is 4.74 Å². The van der Waals surface area contributed by atoms with Crippen LogP contribution in [0.2, 0.25) is 0 Å². The van der Waals surface area contributed by atoms with Crippen molar-refractivity contribution in [2.75, 3.05) is 11.9 Å². The molecule has 0 atom stereocenters. The zero-order chi connectivity index (χ0) is 25.3. The Kier molecular flexibility index (Phi) is 6.53. The smallest absolute Gasteiger partial charge is 0.359 e. The van der Waals surface area contributed by atoms with E-state index in [9.17, 15) is 18.8 Å². The monoisotopic (exact) mass is 493 g/mol. The molecule has 35 heavy (non-hydrogen) atoms. The lowest BCUT2D eigenvalue weighted by molar-refractivity contribution is 0.0519. The largest absolute Gasteiger partial charge is 0.461 e. The lowest BCUT2D eigenvalue weighted by Gasteiger charge is -2.19. The second-order valence-corrected chi connectivity index (χ2v) is 9.75. The summed E-state index contributed by atoms with van der Waals surface area (Å²) in [6.07, 6.45) is 0. The molecule has 0 saturated carbocycles. The summed E-state index contributed by atoms with van der Waals surface area (Å²) in [5, 5.41) is 8.94. The zero-order valence-corrected chi connectivity index (χ0v) is 20.5. The Morgan fingerprint density at radius 1 is 1.11 bits per heavy atom. The molecule has 0 saturated heterocycles. The molecule has 2 aromatic carbocycles. The highest BCUT2D eigenvalue weighted by molar-refractivity contribution is 7.16. The van der Waals surface area contributed by atoms with Gasteiger partial charge in [0, 0.05) is 16.3 Å². The van der Waals surface area contributed by atoms with Crippen molar-refractivity contribution >= 4 is 39.0 Å². The molecule has 1 N–H and O–H groups in total. The standard InChI is InChI=1S/C26H24FN3O4S/c1-5-34-25(33)21-17-14-35-23(28-22(31)15-10-12-16(13-11-15)26(2,3)4)20(17)24(32)30(29-21)19-9-7-6-8-18(19)27/h6-14H,5H2,1-4H3,(H,28,31). The summed E-state index contributed by atoms with van der Waals surface area (Å²) in [7, 11) is 0. The van der Waals surface area contributed by atoms with Crippen molar-refractivity contribution in [1.29, 1.82) is 0 Å². The normalized spacial score (nSPS) is 11.5. The number of ether oxygens (including phenoxy) is 1. The number of nitrogens with one attached hydrogen (secondary N) is 1. The number of aromatic nitrogens is 2. The van der Waals surface area contributed by atoms with E-state index < -0.39 is 23.3 Å². The second-order valence-electron chi connectivity index (χ2n) is 8.87. The van der Waals surface area contributed by atoms with E-state index in [2.05, 4.69) is 31.2 Å². The van der Waals surface area contributed by atoms with Crippen LogP contribution >= 0.6 is 11.3 Å². The van der Waals surface area contributed by atoms with E-state index >= 15 is 0 Å². The van der Waals surface area contributed by atoms with Crippen LogP contribution in [-0.2, 0) is 10.2 Å². The lowest BCUT2D eigenvalue weighted by Crippen LogP contribution is -2.26. The molecular weight excluding hydrogens is 469 g/mol. The Morgan fingerprint density at radius 2 is 1.80 bits per heavy atom. The van der Waals surface area contributed by atoms with E-state index in [-0.39, 0.29) is 39.2 Å². The van der Waals surface area contributed by atoms with Gasteiger partial charge in [0.2, 0.25) is 0 Å². The van der Waals surface area contributed by atoms with Gasteiger partial charge in [-0.15, -0.1) is 11.3 Å². The SMILES string of the molecule is CCOC(=O)c1nn(-c2ccccc2F)c(=O)c2c(NC(=O)c3ccc(C(C)(C)C)cc3)scc12. The third-order valence-electron chi connectivity index (χ3n) is 5.44. The van der Waals surface area contributed by atoms with Crippen LogP contribution in [0.3, 0.4) is 0 Å². The third-order valence-corrected chi connectivity index (χ3v) is 6.34. The molecule has 0 fully saturated rings. The minimum atomic E-state index is -0.754. The second kappa shape index (κ2) is 9.42. The topological polar surface area (TPSA) is 90.3 Å². The Labute approximate surface area is 205 Å². The first kappa shape index (κ1) is 24.3. The van der Waals surface area contributed by atoms with Gasteiger partial charge in [-0.3, -0.25) is 9.59 Å². The fraction of sp³-hybridized carbons (Fsp3) is 0.231. The Morgan fingerprint density at radius 3 is 2.43 bits per heavy atom. The molecule has 2 heterocycles. The van der Waals surface area contributed by atoms with Crippen molar-refractivity contribution in [1.82, 2.24) is 9.78 Å². The molecule has 0 unspecified atom stereocenters. The predicted octanol–water partition coefficient (Wildman–Crippen LogP) is 5.31. The van der Waals surface area contributed by atoms with Crippen molar-refractivity contribution < 1.29 is 18.7 Å². The van der Waals surface area contributed by atoms with Gasteiger partial charge in [-0.05, 0) is 42.2 Å². The van der Waals surface area contributed by atoms with Crippen molar-refractivity contribution in [2.45, 2.75) is 33.1 Å². The van der Waals surface area contributed by atoms with Crippen molar-refractivity contribution in [2.24, 2.45) is 0 Å². The quantitative estimate of drug-likeness (QED) is 0.381. The van der Waals surface area contributed by atoms with E-state index in [1.807, 2.05) is 12.1 Å². The molecular formula is C26H24FN3O4S. The number of benzene rings is 2. The number of hydrogen-bond acceptors (Lipinski definition) is 6. The van der Waals surface area contributed by atoms with Crippen LogP contribution in [0, 0.1) is 5.82 Å². The molecule has 4 rings (SSSR count). The van der Waals surface area contributed by atoms with Gasteiger partial charge in [-0.2, -0.15) is 9.78 Å². The van der Waals surface area contributed by atoms with Crippen LogP contribution in [-0.4, -0.2) is 28.3 Å². The number of amides is 1. The van der Waals surface area contributed by atoms with Gasteiger partial charge in [0.25, 0.3) is 11.5 Å². The van der Waals surface area contributed by atoms with Gasteiger partial charge in [0.15, 0.2) is 5.69 Å². The summed E-state index contributed by atoms with van der Waals surface area (Å²) >= 11 is 1.08. The van der Waals surface area contributed by atoms with Crippen LogP contribution in [0.15, 0.2) is 58.7 Å². The minimum Gasteiger partial charge on any atom is -0.461 e. The van der Waals surface area contributed by atoms with Crippen LogP contribution in [0.4, 0.5) is 9.39 Å². The van der Waals surface area contributed by atoms with Crippen molar-refractivity contribution in [3.63, 3.8) is 0 Å². The van der Waals surface area contributed by atoms with Crippen molar-refractivity contribution in [3.8, 4) is 5.69 Å². The van der Waals surface area contributed by atoms with E-state index in [1.165, 1.54) is 18.2 Å². The van der Waals surface area contributed by atoms with Crippen LogP contribution in [0.25, 0.3) is 16.5 Å². The van der Waals surface area contributed by atoms with E-state index in [0.29, 0.717) is 5.56 Å². The molecule has 0 aliphatic carbocycles. The lowest BCUT2D eigenvalue weighted by atomic mass is 9.87. The highest BCUT2D eigenvalue weighted by Crippen LogP contribution is 2.31. The maximum atomic E-state index is 14.5. The number of para-hydroxylation sites is 1. The van der Waals surface area contributed by atoms with Crippen LogP contribution in [0.5, 0.6) is 0 Å². The first-order valence-corrected chi connectivity index (χ1v) is 11.9. The summed E-state index contributed by atoms with van der Waals surface area (Å²) < 4.78 is 20.5. The molecule has 7 nitrogen and oxygen atoms in total. The number of hydrogen-bond donors (Lipinski definition) is 1. The molecule has 0 radical (unpaired) electrons. The molecule has 0 aliphatic rings. The summed E-state index contributed by atoms with van der Waals surface area (Å²) in [6, 6.07) is 12.8. The number of nitrogens with zero attached hydrogens (tertiary/aromatic N) is 2. The maximum Gasteiger partial charge on any atom is 0.359 e. The van der Waals surface area contributed by atoms with Gasteiger partial charge in [0.1, 0.15) is 16.5 Å². The summed E-state index contributed by atoms with van der Waals surface area (Å²) in [5.74, 6) is -1.85. The number of anilines is 1. The number of fused-ring (bicyclic) bond motifs is 1. The van der Waals surface area contributed by atoms with Gasteiger partial charge < -0.3 is 10.1 Å². The number of esters is 1. The van der Waals surface area contributed by atoms with Crippen LogP contribution in [0.1, 0.15) is 54.1 Å². The summed E-state index contributed by atoms with van der Waals surface area (Å²) in [5.41, 5.74) is 0.495. The van der Waals surface area contributed by atoms with Gasteiger partial charge in [-0.25, -0.2) is 9.18 Å². The molecule has 4 aromatic rings. The van der Waals surface area contributed by atoms with Crippen LogP contribution < -0.4 is 10.9 Å². The molecule has 0 bridgehead atoms. The average molecular weight is 494 g/mol.